The molecule has 5 nitrogen and oxygen atoms in total. The summed E-state index contributed by atoms with van der Waals surface area (Å²) >= 11 is 0. The highest BCUT2D eigenvalue weighted by atomic mass is 16.5. The van der Waals surface area contributed by atoms with Crippen LogP contribution in [0.2, 0.25) is 0 Å². The molecule has 6 atom stereocenters. The number of carbonyl (C=O) groups excluding carboxylic acids is 2. The van der Waals surface area contributed by atoms with Gasteiger partial charge in [-0.15, -0.1) is 0 Å². The van der Waals surface area contributed by atoms with Crippen molar-refractivity contribution in [1.82, 2.24) is 0 Å². The van der Waals surface area contributed by atoms with Crippen molar-refractivity contribution >= 4 is 11.8 Å². The summed E-state index contributed by atoms with van der Waals surface area (Å²) in [6.45, 7) is 14.9. The number of fused-ring (bicyclic) bond motifs is 2. The van der Waals surface area contributed by atoms with Gasteiger partial charge in [0.15, 0.2) is 5.78 Å². The number of ketones is 1. The van der Waals surface area contributed by atoms with Crippen LogP contribution in [0.25, 0.3) is 0 Å². The summed E-state index contributed by atoms with van der Waals surface area (Å²) in [5, 5.41) is 10.7. The minimum atomic E-state index is -0.562. The molecule has 0 amide bonds. The first-order valence-electron chi connectivity index (χ1n) is 11.7. The molecule has 0 bridgehead atoms. The third-order valence-corrected chi connectivity index (χ3v) is 10.3. The fourth-order valence-corrected chi connectivity index (χ4v) is 7.71. The monoisotopic (exact) mass is 430 g/mol. The Kier molecular flexibility index (Phi) is 4.87. The molecule has 1 aliphatic heterocycles. The second-order valence-electron chi connectivity index (χ2n) is 11.7. The molecule has 31 heavy (non-hydrogen) atoms. The van der Waals surface area contributed by atoms with E-state index < -0.39 is 11.4 Å². The third-order valence-electron chi connectivity index (χ3n) is 10.3. The van der Waals surface area contributed by atoms with Crippen molar-refractivity contribution in [2.24, 2.45) is 27.6 Å². The van der Waals surface area contributed by atoms with Crippen LogP contribution in [0.1, 0.15) is 80.6 Å². The van der Waals surface area contributed by atoms with Crippen molar-refractivity contribution in [3.8, 4) is 0 Å². The van der Waals surface area contributed by atoms with Crippen molar-refractivity contribution in [3.63, 3.8) is 0 Å². The summed E-state index contributed by atoms with van der Waals surface area (Å²) in [5.41, 5.74) is 0.821. The number of esters is 1. The number of carbonyl (C=O) groups is 2. The number of ether oxygens (including phenoxy) is 2. The van der Waals surface area contributed by atoms with E-state index in [9.17, 15) is 14.7 Å². The van der Waals surface area contributed by atoms with Crippen LogP contribution < -0.4 is 0 Å². The van der Waals surface area contributed by atoms with E-state index >= 15 is 0 Å². The fraction of sp³-hybridized carbons (Fsp3) is 0.769. The largest absolute Gasteiger partial charge is 0.493 e. The zero-order valence-corrected chi connectivity index (χ0v) is 20.3. The minimum Gasteiger partial charge on any atom is -0.493 e. The molecular formula is C26H38O5. The summed E-state index contributed by atoms with van der Waals surface area (Å²) in [7, 11) is 1.32. The zero-order valence-electron chi connectivity index (χ0n) is 20.3. The van der Waals surface area contributed by atoms with E-state index in [1.165, 1.54) is 7.11 Å². The lowest BCUT2D eigenvalue weighted by Gasteiger charge is -2.56. The van der Waals surface area contributed by atoms with Crippen LogP contribution in [0.15, 0.2) is 22.5 Å². The van der Waals surface area contributed by atoms with Crippen molar-refractivity contribution in [2.45, 2.75) is 92.8 Å². The van der Waals surface area contributed by atoms with E-state index in [1.807, 2.05) is 6.92 Å². The Labute approximate surface area is 186 Å². The zero-order chi connectivity index (χ0) is 23.1. The summed E-state index contributed by atoms with van der Waals surface area (Å²) in [4.78, 5) is 25.4. The van der Waals surface area contributed by atoms with Crippen LogP contribution in [-0.2, 0) is 19.1 Å². The van der Waals surface area contributed by atoms with Gasteiger partial charge in [0, 0.05) is 17.4 Å². The van der Waals surface area contributed by atoms with Gasteiger partial charge in [-0.1, -0.05) is 27.7 Å². The third kappa shape index (κ3) is 2.65. The van der Waals surface area contributed by atoms with Crippen LogP contribution >= 0.6 is 0 Å². The van der Waals surface area contributed by atoms with Gasteiger partial charge >= 0.3 is 5.97 Å². The number of hydrogen-bond acceptors (Lipinski definition) is 5. The lowest BCUT2D eigenvalue weighted by molar-refractivity contribution is -0.138. The Balaban J connectivity index is 1.76. The molecular weight excluding hydrogens is 392 g/mol. The molecule has 172 valence electrons. The van der Waals surface area contributed by atoms with Crippen molar-refractivity contribution in [2.75, 3.05) is 7.11 Å². The van der Waals surface area contributed by atoms with Crippen LogP contribution in [0.5, 0.6) is 0 Å². The number of Topliss-reactive ketones (excluding diaryl/α,β-unsaturated/α-hetero) is 1. The molecule has 0 aromatic rings. The maximum atomic E-state index is 13.0. The van der Waals surface area contributed by atoms with E-state index in [4.69, 9.17) is 9.47 Å². The molecule has 0 aromatic carbocycles. The maximum absolute atomic E-state index is 13.0. The molecule has 1 saturated heterocycles. The quantitative estimate of drug-likeness (QED) is 0.506. The maximum Gasteiger partial charge on any atom is 0.341 e. The molecule has 2 saturated carbocycles. The van der Waals surface area contributed by atoms with Gasteiger partial charge in [0.25, 0.3) is 0 Å². The van der Waals surface area contributed by atoms with Gasteiger partial charge in [0.05, 0.1) is 18.6 Å². The van der Waals surface area contributed by atoms with E-state index in [0.717, 1.165) is 43.4 Å². The summed E-state index contributed by atoms with van der Waals surface area (Å²) in [6, 6.07) is 0. The number of hydrogen-bond donors (Lipinski definition) is 1. The number of methoxy groups -OCH3 is 1. The predicted molar refractivity (Wildman–Crippen MR) is 118 cm³/mol. The molecule has 0 aromatic heterocycles. The SMILES string of the molecule is COC(=O)C1=C(C)[C@@]2(C)C[C@H]([C@@]3(C)CC[C@H]4C(C)(C)[C@@H](O)CC[C@@]43C)OC2=C(C)C1=O. The van der Waals surface area contributed by atoms with Crippen molar-refractivity contribution < 1.29 is 24.2 Å². The van der Waals surface area contributed by atoms with Gasteiger partial charge in [-0.05, 0) is 68.8 Å². The molecule has 4 aliphatic rings. The highest BCUT2D eigenvalue weighted by molar-refractivity contribution is 6.25. The van der Waals surface area contributed by atoms with Gasteiger partial charge in [0.1, 0.15) is 17.4 Å². The Morgan fingerprint density at radius 3 is 2.29 bits per heavy atom. The smallest absolute Gasteiger partial charge is 0.341 e. The van der Waals surface area contributed by atoms with Crippen LogP contribution in [0.4, 0.5) is 0 Å². The standard InChI is InChI=1S/C26H38O5/c1-14-20(28)19(22(29)30-8)15(2)24(5)13-18(31-21(14)24)26(7)11-9-16-23(3,4)17(27)10-12-25(16,26)6/h16-18,27H,9-13H2,1-8H3/t16-,17-,18+,24+,25-,26+/m0/s1. The molecule has 5 heteroatoms. The lowest BCUT2D eigenvalue weighted by Crippen LogP contribution is -2.54. The first-order valence-corrected chi connectivity index (χ1v) is 11.7. The average molecular weight is 431 g/mol. The number of allylic oxidation sites excluding steroid dienone is 2. The molecule has 1 N–H and O–H groups in total. The van der Waals surface area contributed by atoms with E-state index in [1.54, 1.807) is 6.92 Å². The molecule has 3 fully saturated rings. The molecule has 0 unspecified atom stereocenters. The highest BCUT2D eigenvalue weighted by Crippen LogP contribution is 2.70. The fourth-order valence-electron chi connectivity index (χ4n) is 7.71. The molecule has 4 rings (SSSR count). The van der Waals surface area contributed by atoms with Crippen LogP contribution in [0.3, 0.4) is 0 Å². The average Bonchev–Trinajstić information content (AvgIpc) is 3.21. The van der Waals surface area contributed by atoms with Gasteiger partial charge < -0.3 is 14.6 Å². The second-order valence-corrected chi connectivity index (χ2v) is 11.7. The van der Waals surface area contributed by atoms with Gasteiger partial charge in [0.2, 0.25) is 0 Å². The number of aliphatic hydroxyl groups excluding tert-OH is 1. The van der Waals surface area contributed by atoms with Gasteiger partial charge in [-0.2, -0.15) is 0 Å². The first-order chi connectivity index (χ1) is 14.3. The van der Waals surface area contributed by atoms with Crippen LogP contribution in [0, 0.1) is 27.6 Å². The normalized spacial score (nSPS) is 44.2. The predicted octanol–water partition coefficient (Wildman–Crippen LogP) is 4.73. The van der Waals surface area contributed by atoms with E-state index in [2.05, 4.69) is 34.6 Å². The molecule has 0 radical (unpaired) electrons. The number of aliphatic hydroxyl groups is 1. The Bertz CT molecular complexity index is 911. The topological polar surface area (TPSA) is 72.8 Å². The summed E-state index contributed by atoms with van der Waals surface area (Å²) < 4.78 is 11.6. The molecule has 1 heterocycles. The second kappa shape index (κ2) is 6.69. The lowest BCUT2D eigenvalue weighted by atomic mass is 9.50. The van der Waals surface area contributed by atoms with Crippen molar-refractivity contribution in [3.05, 3.63) is 22.5 Å². The van der Waals surface area contributed by atoms with Gasteiger partial charge in [-0.25, -0.2) is 4.79 Å². The Hall–Kier alpha value is -1.62. The van der Waals surface area contributed by atoms with Crippen LogP contribution in [-0.4, -0.2) is 36.2 Å². The number of rotatable bonds is 2. The highest BCUT2D eigenvalue weighted by Gasteiger charge is 2.67. The summed E-state index contributed by atoms with van der Waals surface area (Å²) in [6.07, 6.45) is 4.35. The van der Waals surface area contributed by atoms with E-state index in [-0.39, 0.29) is 39.8 Å². The van der Waals surface area contributed by atoms with Crippen molar-refractivity contribution in [1.29, 1.82) is 0 Å². The van der Waals surface area contributed by atoms with E-state index in [0.29, 0.717) is 11.5 Å². The Morgan fingerprint density at radius 2 is 1.68 bits per heavy atom. The van der Waals surface area contributed by atoms with Gasteiger partial charge in [-0.3, -0.25) is 4.79 Å². The molecule has 0 spiro atoms. The molecule has 3 aliphatic carbocycles. The Morgan fingerprint density at radius 1 is 1.06 bits per heavy atom. The first kappa shape index (κ1) is 22.6. The summed E-state index contributed by atoms with van der Waals surface area (Å²) in [5.74, 6) is 0.315. The minimum absolute atomic E-state index is 0.0387.